The molecule has 0 unspecified atom stereocenters. The van der Waals surface area contributed by atoms with Crippen molar-refractivity contribution in [3.05, 3.63) is 40.5 Å². The Kier molecular flexibility index (Phi) is 5.55. The summed E-state index contributed by atoms with van der Waals surface area (Å²) >= 11 is 6.79. The van der Waals surface area contributed by atoms with Crippen LogP contribution in [-0.2, 0) is 9.47 Å². The van der Waals surface area contributed by atoms with Gasteiger partial charge in [-0.25, -0.2) is 4.98 Å². The maximum atomic E-state index is 6.79. The van der Waals surface area contributed by atoms with E-state index in [1.165, 1.54) is 0 Å². The van der Waals surface area contributed by atoms with Crippen LogP contribution in [0.25, 0.3) is 0 Å². The van der Waals surface area contributed by atoms with Crippen molar-refractivity contribution in [2.24, 2.45) is 0 Å². The minimum atomic E-state index is -0.0410. The number of aromatic nitrogens is 2. The van der Waals surface area contributed by atoms with Crippen LogP contribution in [-0.4, -0.2) is 55.5 Å². The van der Waals surface area contributed by atoms with Crippen LogP contribution in [0.15, 0.2) is 24.3 Å². The molecule has 2 N–H and O–H groups in total. The second kappa shape index (κ2) is 7.97. The van der Waals surface area contributed by atoms with Crippen molar-refractivity contribution < 1.29 is 9.47 Å². The number of halogens is 1. The normalized spacial score (nSPS) is 21.4. The van der Waals surface area contributed by atoms with Gasteiger partial charge in [0.25, 0.3) is 0 Å². The summed E-state index contributed by atoms with van der Waals surface area (Å²) in [6, 6.07) is 8.17. The molecular formula is C21H28ClN5O2. The molecule has 0 saturated carbocycles. The number of nitrogen functional groups attached to an aromatic ring is 1. The fraction of sp³-hybridized carbons (Fsp3) is 0.524. The molecule has 0 amide bonds. The van der Waals surface area contributed by atoms with Gasteiger partial charge >= 0.3 is 0 Å². The molecule has 0 radical (unpaired) electrons. The van der Waals surface area contributed by atoms with Gasteiger partial charge in [0.2, 0.25) is 5.95 Å². The Balaban J connectivity index is 1.66. The first-order valence-electron chi connectivity index (χ1n) is 9.94. The molecule has 2 aromatic rings. The minimum Gasteiger partial charge on any atom is -0.379 e. The van der Waals surface area contributed by atoms with E-state index >= 15 is 0 Å². The maximum absolute atomic E-state index is 6.79. The average Bonchev–Trinajstić information content (AvgIpc) is 2.90. The number of ether oxygens (including phenoxy) is 2. The van der Waals surface area contributed by atoms with Crippen LogP contribution in [0.1, 0.15) is 30.6 Å². The van der Waals surface area contributed by atoms with Crippen LogP contribution in [0, 0.1) is 6.92 Å². The molecule has 156 valence electrons. The van der Waals surface area contributed by atoms with Gasteiger partial charge in [-0.2, -0.15) is 4.98 Å². The Morgan fingerprint density at radius 3 is 2.69 bits per heavy atom. The van der Waals surface area contributed by atoms with E-state index in [4.69, 9.17) is 26.8 Å². The van der Waals surface area contributed by atoms with Gasteiger partial charge in [0, 0.05) is 42.7 Å². The van der Waals surface area contributed by atoms with Crippen molar-refractivity contribution in [2.75, 3.05) is 55.6 Å². The fourth-order valence-electron chi connectivity index (χ4n) is 3.93. The van der Waals surface area contributed by atoms with Crippen molar-refractivity contribution in [3.8, 4) is 0 Å². The van der Waals surface area contributed by atoms with Gasteiger partial charge in [-0.1, -0.05) is 17.7 Å². The monoisotopic (exact) mass is 417 g/mol. The lowest BCUT2D eigenvalue weighted by atomic mass is 9.97. The van der Waals surface area contributed by atoms with Gasteiger partial charge in [-0.05, 0) is 38.0 Å². The van der Waals surface area contributed by atoms with Crippen molar-refractivity contribution in [1.29, 1.82) is 0 Å². The SMILES string of the molecule is Cc1cc(N2CCCOC[C@@H]2c2ccc(N(C)C3(C)COC3)cc2Cl)nc(N)n1. The lowest BCUT2D eigenvalue weighted by Crippen LogP contribution is -2.59. The summed E-state index contributed by atoms with van der Waals surface area (Å²) in [6.45, 7) is 7.64. The van der Waals surface area contributed by atoms with Gasteiger partial charge in [0.15, 0.2) is 0 Å². The Morgan fingerprint density at radius 2 is 2.03 bits per heavy atom. The highest BCUT2D eigenvalue weighted by Crippen LogP contribution is 2.37. The molecule has 3 heterocycles. The van der Waals surface area contributed by atoms with Gasteiger partial charge in [-0.3, -0.25) is 0 Å². The summed E-state index contributed by atoms with van der Waals surface area (Å²) < 4.78 is 11.3. The molecule has 1 atom stereocenters. The number of nitrogens with zero attached hydrogens (tertiary/aromatic N) is 4. The number of benzene rings is 1. The Hall–Kier alpha value is -2.09. The average molecular weight is 418 g/mol. The van der Waals surface area contributed by atoms with Gasteiger partial charge in [-0.15, -0.1) is 0 Å². The second-order valence-corrected chi connectivity index (χ2v) is 8.53. The molecule has 8 heteroatoms. The van der Waals surface area contributed by atoms with E-state index in [0.717, 1.165) is 54.0 Å². The topological polar surface area (TPSA) is 76.7 Å². The first-order chi connectivity index (χ1) is 13.9. The molecule has 7 nitrogen and oxygen atoms in total. The standard InChI is InChI=1S/C21H28ClN5O2/c1-14-9-19(25-20(23)24-14)27-7-4-8-28-11-18(27)16-6-5-15(10-17(16)22)26(3)21(2)12-29-13-21/h5-6,9-10,18H,4,7-8,11-13H2,1-3H3,(H2,23,24,25)/t18-/m1/s1. The van der Waals surface area contributed by atoms with Crippen LogP contribution >= 0.6 is 11.6 Å². The zero-order chi connectivity index (χ0) is 20.6. The molecular weight excluding hydrogens is 390 g/mol. The van der Waals surface area contributed by atoms with Crippen LogP contribution in [0.3, 0.4) is 0 Å². The Morgan fingerprint density at radius 1 is 1.24 bits per heavy atom. The van der Waals surface area contributed by atoms with E-state index < -0.39 is 0 Å². The third-order valence-electron chi connectivity index (χ3n) is 5.86. The summed E-state index contributed by atoms with van der Waals surface area (Å²) in [7, 11) is 2.08. The Bertz CT molecular complexity index is 869. The van der Waals surface area contributed by atoms with E-state index in [1.807, 2.05) is 19.1 Å². The van der Waals surface area contributed by atoms with E-state index in [9.17, 15) is 0 Å². The highest BCUT2D eigenvalue weighted by molar-refractivity contribution is 6.31. The molecule has 2 aliphatic heterocycles. The first-order valence-corrected chi connectivity index (χ1v) is 10.3. The molecule has 0 bridgehead atoms. The largest absolute Gasteiger partial charge is 0.379 e. The van der Waals surface area contributed by atoms with E-state index in [2.05, 4.69) is 45.9 Å². The number of anilines is 3. The maximum Gasteiger partial charge on any atom is 0.222 e. The van der Waals surface area contributed by atoms with Crippen molar-refractivity contribution >= 4 is 29.1 Å². The lowest BCUT2D eigenvalue weighted by molar-refractivity contribution is -0.0455. The van der Waals surface area contributed by atoms with Crippen molar-refractivity contribution in [1.82, 2.24) is 9.97 Å². The molecule has 0 aliphatic carbocycles. The summed E-state index contributed by atoms with van der Waals surface area (Å²) in [5, 5.41) is 0.720. The smallest absolute Gasteiger partial charge is 0.222 e. The van der Waals surface area contributed by atoms with E-state index in [0.29, 0.717) is 13.2 Å². The number of likely N-dealkylation sites (N-methyl/N-ethyl adjacent to an activating group) is 1. The van der Waals surface area contributed by atoms with Crippen molar-refractivity contribution in [3.63, 3.8) is 0 Å². The number of nitrogens with two attached hydrogens (primary N) is 1. The van der Waals surface area contributed by atoms with Gasteiger partial charge in [0.1, 0.15) is 5.82 Å². The van der Waals surface area contributed by atoms with Gasteiger partial charge in [0.05, 0.1) is 31.4 Å². The van der Waals surface area contributed by atoms with Gasteiger partial charge < -0.3 is 25.0 Å². The lowest BCUT2D eigenvalue weighted by Gasteiger charge is -2.46. The minimum absolute atomic E-state index is 0.0122. The predicted octanol–water partition coefficient (Wildman–Crippen LogP) is 3.21. The number of hydrogen-bond acceptors (Lipinski definition) is 7. The Labute approximate surface area is 176 Å². The molecule has 2 aliphatic rings. The third-order valence-corrected chi connectivity index (χ3v) is 6.19. The summed E-state index contributed by atoms with van der Waals surface area (Å²) in [6.07, 6.45) is 0.913. The van der Waals surface area contributed by atoms with E-state index in [-0.39, 0.29) is 17.5 Å². The fourth-order valence-corrected chi connectivity index (χ4v) is 4.23. The molecule has 2 saturated heterocycles. The van der Waals surface area contributed by atoms with Crippen LogP contribution in [0.4, 0.5) is 17.5 Å². The summed E-state index contributed by atoms with van der Waals surface area (Å²) in [5.41, 5.74) is 8.87. The highest BCUT2D eigenvalue weighted by Gasteiger charge is 2.38. The van der Waals surface area contributed by atoms with Crippen molar-refractivity contribution in [2.45, 2.75) is 31.8 Å². The zero-order valence-electron chi connectivity index (χ0n) is 17.2. The number of hydrogen-bond donors (Lipinski definition) is 1. The first kappa shape index (κ1) is 20.2. The number of aryl methyl sites for hydroxylation is 1. The summed E-state index contributed by atoms with van der Waals surface area (Å²) in [5.74, 6) is 1.09. The van der Waals surface area contributed by atoms with Crippen LogP contribution in [0.5, 0.6) is 0 Å². The molecule has 2 fully saturated rings. The highest BCUT2D eigenvalue weighted by atomic mass is 35.5. The second-order valence-electron chi connectivity index (χ2n) is 8.12. The molecule has 1 aromatic carbocycles. The molecule has 4 rings (SSSR count). The van der Waals surface area contributed by atoms with Crippen LogP contribution < -0.4 is 15.5 Å². The third kappa shape index (κ3) is 3.99. The molecule has 29 heavy (non-hydrogen) atoms. The quantitative estimate of drug-likeness (QED) is 0.818. The predicted molar refractivity (Wildman–Crippen MR) is 116 cm³/mol. The zero-order valence-corrected chi connectivity index (χ0v) is 17.9. The van der Waals surface area contributed by atoms with E-state index in [1.54, 1.807) is 0 Å². The molecule has 0 spiro atoms. The van der Waals surface area contributed by atoms with Crippen LogP contribution in [0.2, 0.25) is 5.02 Å². The summed E-state index contributed by atoms with van der Waals surface area (Å²) in [4.78, 5) is 13.1. The molecule has 1 aromatic heterocycles. The number of rotatable bonds is 4.